The van der Waals surface area contributed by atoms with Gasteiger partial charge in [0.1, 0.15) is 48.8 Å². The molecule has 2 rings (SSSR count). The molecule has 9 N–H and O–H groups in total. The van der Waals surface area contributed by atoms with Gasteiger partial charge in [0, 0.05) is 6.42 Å². The fraction of sp³-hybridized carbons (Fsp3) is 0.963. The highest BCUT2D eigenvalue weighted by Gasteiger charge is 2.51. The van der Waals surface area contributed by atoms with Crippen LogP contribution in [-0.4, -0.2) is 140 Å². The quantitative estimate of drug-likeness (QED) is 0.0204. The third-order valence-corrected chi connectivity index (χ3v) is 20.5. The van der Waals surface area contributed by atoms with Crippen molar-refractivity contribution in [2.24, 2.45) is 0 Å². The molecule has 0 spiro atoms. The van der Waals surface area contributed by atoms with E-state index in [1.807, 2.05) is 6.08 Å². The van der Waals surface area contributed by atoms with Gasteiger partial charge in [0.2, 0.25) is 5.91 Å². The van der Waals surface area contributed by atoms with Crippen molar-refractivity contribution in [2.45, 2.75) is 473 Å². The Kier molecular flexibility index (Phi) is 61.5. The number of aliphatic hydroxyl groups is 8. The topological polar surface area (TPSA) is 228 Å². The summed E-state index contributed by atoms with van der Waals surface area (Å²) in [4.78, 5) is 13.4. The smallest absolute Gasteiger partial charge is 0.220 e. The Morgan fingerprint density at radius 1 is 0.372 bits per heavy atom. The van der Waals surface area contributed by atoms with E-state index >= 15 is 0 Å². The molecule has 14 heteroatoms. The number of allylic oxidation sites excluding steroid dienone is 1. The molecule has 2 aliphatic rings. The summed E-state index contributed by atoms with van der Waals surface area (Å²) in [6.45, 7) is 2.87. The minimum atomic E-state index is -1.79. The van der Waals surface area contributed by atoms with Crippen LogP contribution in [-0.2, 0) is 23.7 Å². The second-order valence-electron chi connectivity index (χ2n) is 29.3. The van der Waals surface area contributed by atoms with E-state index in [2.05, 4.69) is 19.2 Å². The van der Waals surface area contributed by atoms with Crippen molar-refractivity contribution in [3.05, 3.63) is 12.2 Å². The van der Waals surface area contributed by atoms with Crippen molar-refractivity contribution < 1.29 is 64.6 Å². The highest BCUT2D eigenvalue weighted by atomic mass is 16.7. The summed E-state index contributed by atoms with van der Waals surface area (Å²) in [7, 11) is 0. The van der Waals surface area contributed by atoms with E-state index < -0.39 is 86.8 Å². The van der Waals surface area contributed by atoms with Crippen LogP contribution in [0, 0.1) is 0 Å². The van der Waals surface area contributed by atoms with Gasteiger partial charge in [-0.15, -0.1) is 0 Å². The van der Waals surface area contributed by atoms with E-state index in [-0.39, 0.29) is 18.9 Å². The van der Waals surface area contributed by atoms with E-state index in [1.165, 1.54) is 334 Å². The number of hydrogen-bond donors (Lipinski definition) is 9. The first-order chi connectivity index (χ1) is 46.1. The van der Waals surface area contributed by atoms with Crippen LogP contribution < -0.4 is 5.32 Å². The SMILES string of the molecule is CCCCCCCCCCCCCCCCCCCCC/C=C/C(O)C(COC1OC(CO)C(OC2OC(CO)C(O)C(O)C2O)C(O)C1O)NC(=O)CCCCCCCCCCCCCCCCCCCCCCCCCCCCCCCCCCCCCCCCC. The Morgan fingerprint density at radius 3 is 0.979 bits per heavy atom. The molecule has 0 aromatic heterocycles. The Morgan fingerprint density at radius 2 is 0.660 bits per heavy atom. The van der Waals surface area contributed by atoms with Gasteiger partial charge in [0.05, 0.1) is 32.0 Å². The monoisotopic (exact) mass is 1340 g/mol. The number of nitrogens with one attached hydrogen (secondary N) is 1. The number of unbranched alkanes of at least 4 members (excludes halogenated alkanes) is 57. The van der Waals surface area contributed by atoms with Crippen LogP contribution >= 0.6 is 0 Å². The normalized spacial score (nSPS) is 22.4. The van der Waals surface area contributed by atoms with Crippen molar-refractivity contribution in [3.63, 3.8) is 0 Å². The molecule has 1 amide bonds. The van der Waals surface area contributed by atoms with Gasteiger partial charge in [-0.1, -0.05) is 386 Å². The van der Waals surface area contributed by atoms with Gasteiger partial charge in [0.15, 0.2) is 12.6 Å². The molecule has 0 radical (unpaired) electrons. The maximum Gasteiger partial charge on any atom is 0.220 e. The van der Waals surface area contributed by atoms with Crippen LogP contribution in [0.25, 0.3) is 0 Å². The third kappa shape index (κ3) is 47.7. The number of amides is 1. The van der Waals surface area contributed by atoms with Crippen LogP contribution in [0.5, 0.6) is 0 Å². The van der Waals surface area contributed by atoms with Gasteiger partial charge in [-0.3, -0.25) is 4.79 Å². The molecule has 0 aromatic carbocycles. The standard InChI is InChI=1S/C80H155NO13/c1-3-5-7-9-11-13-15-17-19-21-23-25-26-27-28-29-30-31-32-33-34-35-36-37-38-39-40-41-42-44-46-48-50-52-54-56-58-60-62-64-72(85)81-68(69(84)63-61-59-57-55-53-51-49-47-45-43-24-22-20-18-16-14-12-10-8-6-4-2)67-91-79-77(90)75(88)78(71(66-83)93-79)94-80-76(89)74(87)73(86)70(65-82)92-80/h61,63,68-71,73-80,82-84,86-90H,3-60,62,64-67H2,1-2H3,(H,81,85)/b63-61+. The van der Waals surface area contributed by atoms with Crippen molar-refractivity contribution >= 4 is 5.91 Å². The maximum absolute atomic E-state index is 13.4. The summed E-state index contributed by atoms with van der Waals surface area (Å²) in [5.74, 6) is -0.229. The molecule has 12 atom stereocenters. The summed E-state index contributed by atoms with van der Waals surface area (Å²) in [5.41, 5.74) is 0. The average molecular weight is 1340 g/mol. The highest BCUT2D eigenvalue weighted by molar-refractivity contribution is 5.76. The Labute approximate surface area is 577 Å². The molecule has 0 aliphatic carbocycles. The van der Waals surface area contributed by atoms with E-state index in [0.29, 0.717) is 0 Å². The molecule has 0 aromatic rings. The van der Waals surface area contributed by atoms with Gasteiger partial charge >= 0.3 is 0 Å². The van der Waals surface area contributed by atoms with Crippen LogP contribution in [0.1, 0.15) is 399 Å². The lowest BCUT2D eigenvalue weighted by Gasteiger charge is -2.46. The van der Waals surface area contributed by atoms with Crippen molar-refractivity contribution in [2.75, 3.05) is 19.8 Å². The van der Waals surface area contributed by atoms with Crippen LogP contribution in [0.2, 0.25) is 0 Å². The Balaban J connectivity index is 1.56. The molecule has 94 heavy (non-hydrogen) atoms. The molecular formula is C80H155NO13. The van der Waals surface area contributed by atoms with Crippen molar-refractivity contribution in [3.8, 4) is 0 Å². The largest absolute Gasteiger partial charge is 0.394 e. The van der Waals surface area contributed by atoms with Gasteiger partial charge < -0.3 is 65.1 Å². The highest BCUT2D eigenvalue weighted by Crippen LogP contribution is 2.30. The second kappa shape index (κ2) is 65.1. The fourth-order valence-corrected chi connectivity index (χ4v) is 14.0. The lowest BCUT2D eigenvalue weighted by atomic mass is 9.97. The van der Waals surface area contributed by atoms with Gasteiger partial charge in [-0.05, 0) is 19.3 Å². The molecule has 558 valence electrons. The molecule has 14 nitrogen and oxygen atoms in total. The first-order valence-corrected chi connectivity index (χ1v) is 40.9. The first kappa shape index (κ1) is 88.8. The van der Waals surface area contributed by atoms with Gasteiger partial charge in [-0.2, -0.15) is 0 Å². The predicted molar refractivity (Wildman–Crippen MR) is 388 cm³/mol. The number of aliphatic hydroxyl groups excluding tert-OH is 8. The summed E-state index contributed by atoms with van der Waals surface area (Å²) in [6.07, 6.45) is 66.0. The van der Waals surface area contributed by atoms with E-state index in [9.17, 15) is 45.6 Å². The summed E-state index contributed by atoms with van der Waals surface area (Å²) < 4.78 is 22.9. The lowest BCUT2D eigenvalue weighted by molar-refractivity contribution is -0.359. The molecule has 2 aliphatic heterocycles. The molecule has 2 saturated heterocycles. The van der Waals surface area contributed by atoms with Crippen molar-refractivity contribution in [1.82, 2.24) is 5.32 Å². The maximum atomic E-state index is 13.4. The van der Waals surface area contributed by atoms with E-state index in [4.69, 9.17) is 18.9 Å². The second-order valence-corrected chi connectivity index (χ2v) is 29.3. The Bertz CT molecular complexity index is 1620. The molecule has 0 bridgehead atoms. The number of rotatable bonds is 70. The summed E-state index contributed by atoms with van der Waals surface area (Å²) in [5, 5.41) is 87.6. The molecular weight excluding hydrogens is 1180 g/mol. The number of carbonyl (C=O) groups excluding carboxylic acids is 1. The summed E-state index contributed by atoms with van der Waals surface area (Å²) >= 11 is 0. The molecule has 0 saturated carbocycles. The predicted octanol–water partition coefficient (Wildman–Crippen LogP) is 18.5. The van der Waals surface area contributed by atoms with Crippen LogP contribution in [0.3, 0.4) is 0 Å². The summed E-state index contributed by atoms with van der Waals surface area (Å²) in [6, 6.07) is -0.912. The van der Waals surface area contributed by atoms with Crippen molar-refractivity contribution in [1.29, 1.82) is 0 Å². The van der Waals surface area contributed by atoms with Gasteiger partial charge in [0.25, 0.3) is 0 Å². The molecule has 2 fully saturated rings. The number of carbonyl (C=O) groups is 1. The lowest BCUT2D eigenvalue weighted by Crippen LogP contribution is -2.65. The third-order valence-electron chi connectivity index (χ3n) is 20.5. The number of ether oxygens (including phenoxy) is 4. The minimum Gasteiger partial charge on any atom is -0.394 e. The first-order valence-electron chi connectivity index (χ1n) is 40.9. The molecule has 12 unspecified atom stereocenters. The number of hydrogen-bond acceptors (Lipinski definition) is 13. The zero-order chi connectivity index (χ0) is 68.0. The Hall–Kier alpha value is -1.27. The zero-order valence-electron chi connectivity index (χ0n) is 61.2. The van der Waals surface area contributed by atoms with E-state index in [0.717, 1.165) is 44.9 Å². The van der Waals surface area contributed by atoms with E-state index in [1.54, 1.807) is 6.08 Å². The molecule has 2 heterocycles. The fourth-order valence-electron chi connectivity index (χ4n) is 14.0. The van der Waals surface area contributed by atoms with Crippen LogP contribution in [0.4, 0.5) is 0 Å². The zero-order valence-corrected chi connectivity index (χ0v) is 61.2. The van der Waals surface area contributed by atoms with Gasteiger partial charge in [-0.25, -0.2) is 0 Å². The van der Waals surface area contributed by atoms with Crippen LogP contribution in [0.15, 0.2) is 12.2 Å². The average Bonchev–Trinajstić information content (AvgIpc) is 0.794. The minimum absolute atomic E-state index is 0.229.